The maximum Gasteiger partial charge on any atom is 0.0882 e. The van der Waals surface area contributed by atoms with E-state index in [1.165, 1.54) is 19.3 Å². The molecule has 1 unspecified atom stereocenters. The summed E-state index contributed by atoms with van der Waals surface area (Å²) in [6, 6.07) is 2.01. The molecule has 0 aliphatic heterocycles. The smallest absolute Gasteiger partial charge is 0.0882 e. The number of halogens is 1. The van der Waals surface area contributed by atoms with Crippen molar-refractivity contribution in [2.45, 2.75) is 45.1 Å². The van der Waals surface area contributed by atoms with E-state index in [1.807, 2.05) is 11.4 Å². The van der Waals surface area contributed by atoms with Gasteiger partial charge in [0.1, 0.15) is 0 Å². The molecule has 0 aromatic carbocycles. The van der Waals surface area contributed by atoms with Gasteiger partial charge >= 0.3 is 0 Å². The van der Waals surface area contributed by atoms with Gasteiger partial charge in [0.15, 0.2) is 0 Å². The Morgan fingerprint density at radius 3 is 2.79 bits per heavy atom. The van der Waals surface area contributed by atoms with E-state index in [0.717, 1.165) is 22.2 Å². The largest absolute Gasteiger partial charge is 0.388 e. The lowest BCUT2D eigenvalue weighted by molar-refractivity contribution is 0.167. The van der Waals surface area contributed by atoms with Crippen molar-refractivity contribution in [2.75, 3.05) is 0 Å². The first kappa shape index (κ1) is 12.2. The highest BCUT2D eigenvalue weighted by molar-refractivity contribution is 9.10. The van der Waals surface area contributed by atoms with Crippen LogP contribution in [0.2, 0.25) is 0 Å². The van der Waals surface area contributed by atoms with E-state index in [1.54, 1.807) is 11.3 Å². The van der Waals surface area contributed by atoms with Gasteiger partial charge in [-0.2, -0.15) is 0 Å². The van der Waals surface area contributed by atoms with Gasteiger partial charge in [-0.25, -0.2) is 0 Å². The van der Waals surface area contributed by atoms with E-state index in [0.29, 0.717) is 0 Å². The van der Waals surface area contributed by atoms with Gasteiger partial charge in [0.05, 0.1) is 6.10 Å². The Hall–Kier alpha value is 0.140. The van der Waals surface area contributed by atoms with Crippen molar-refractivity contribution in [1.29, 1.82) is 0 Å². The van der Waals surface area contributed by atoms with Crippen molar-refractivity contribution in [3.05, 3.63) is 20.8 Å². The summed E-state index contributed by atoms with van der Waals surface area (Å²) in [5, 5.41) is 11.8. The van der Waals surface area contributed by atoms with Gasteiger partial charge in [0.25, 0.3) is 0 Å². The molecule has 0 aliphatic carbocycles. The average molecular weight is 277 g/mol. The van der Waals surface area contributed by atoms with Gasteiger partial charge in [-0.15, -0.1) is 11.3 Å². The third-order valence-corrected chi connectivity index (χ3v) is 4.04. The van der Waals surface area contributed by atoms with Crippen molar-refractivity contribution >= 4 is 27.3 Å². The number of hydrogen-bond donors (Lipinski definition) is 1. The van der Waals surface area contributed by atoms with E-state index in [2.05, 4.69) is 22.9 Å². The summed E-state index contributed by atoms with van der Waals surface area (Å²) < 4.78 is 1.07. The molecule has 0 amide bonds. The summed E-state index contributed by atoms with van der Waals surface area (Å²) in [5.41, 5.74) is 0. The topological polar surface area (TPSA) is 20.2 Å². The van der Waals surface area contributed by atoms with Crippen LogP contribution in [0.25, 0.3) is 0 Å². The fourth-order valence-electron chi connectivity index (χ4n) is 1.41. The van der Waals surface area contributed by atoms with E-state index in [4.69, 9.17) is 0 Å². The van der Waals surface area contributed by atoms with Gasteiger partial charge in [-0.1, -0.05) is 32.6 Å². The first-order valence-electron chi connectivity index (χ1n) is 5.16. The summed E-state index contributed by atoms with van der Waals surface area (Å²) in [4.78, 5) is 1.08. The molecule has 80 valence electrons. The molecule has 0 fully saturated rings. The van der Waals surface area contributed by atoms with Crippen LogP contribution in [0.15, 0.2) is 15.9 Å². The predicted octanol–water partition coefficient (Wildman–Crippen LogP) is 4.51. The second-order valence-electron chi connectivity index (χ2n) is 3.53. The van der Waals surface area contributed by atoms with E-state index in [9.17, 15) is 5.11 Å². The van der Waals surface area contributed by atoms with Crippen LogP contribution >= 0.6 is 27.3 Å². The Kier molecular flexibility index (Phi) is 5.75. The highest BCUT2D eigenvalue weighted by Gasteiger charge is 2.08. The van der Waals surface area contributed by atoms with E-state index < -0.39 is 0 Å². The van der Waals surface area contributed by atoms with Gasteiger partial charge in [-0.3, -0.25) is 0 Å². The quantitative estimate of drug-likeness (QED) is 0.758. The predicted molar refractivity (Wildman–Crippen MR) is 65.7 cm³/mol. The molecule has 0 saturated heterocycles. The fourth-order valence-corrected chi connectivity index (χ4v) is 2.87. The summed E-state index contributed by atoms with van der Waals surface area (Å²) in [7, 11) is 0. The number of hydrogen-bond acceptors (Lipinski definition) is 2. The lowest BCUT2D eigenvalue weighted by Crippen LogP contribution is -1.93. The van der Waals surface area contributed by atoms with Crippen LogP contribution in [0.5, 0.6) is 0 Å². The lowest BCUT2D eigenvalue weighted by atomic mass is 10.1. The first-order chi connectivity index (χ1) is 6.74. The second kappa shape index (κ2) is 6.59. The Morgan fingerprint density at radius 2 is 2.21 bits per heavy atom. The Labute approximate surface area is 98.3 Å². The average Bonchev–Trinajstić information content (AvgIpc) is 2.59. The molecule has 1 rings (SSSR count). The van der Waals surface area contributed by atoms with Gasteiger partial charge in [0.2, 0.25) is 0 Å². The maximum absolute atomic E-state index is 9.82. The molecule has 0 bridgehead atoms. The summed E-state index contributed by atoms with van der Waals surface area (Å²) in [6.07, 6.45) is 5.53. The van der Waals surface area contributed by atoms with Crippen LogP contribution in [0.4, 0.5) is 0 Å². The molecule has 0 aliphatic rings. The van der Waals surface area contributed by atoms with Crippen molar-refractivity contribution < 1.29 is 5.11 Å². The summed E-state index contributed by atoms with van der Waals surface area (Å²) in [6.45, 7) is 2.20. The molecule has 1 atom stereocenters. The van der Waals surface area contributed by atoms with Gasteiger partial charge in [-0.05, 0) is 28.4 Å². The van der Waals surface area contributed by atoms with Crippen LogP contribution in [-0.4, -0.2) is 5.11 Å². The monoisotopic (exact) mass is 276 g/mol. The standard InChI is InChI=1S/C11H17BrOS/c1-2-3-4-5-6-10(13)11-7-9(12)8-14-11/h7-8,10,13H,2-6H2,1H3. The number of thiophene rings is 1. The van der Waals surface area contributed by atoms with Crippen LogP contribution in [0, 0.1) is 0 Å². The highest BCUT2D eigenvalue weighted by Crippen LogP contribution is 2.28. The molecular weight excluding hydrogens is 260 g/mol. The van der Waals surface area contributed by atoms with Crippen LogP contribution in [0.1, 0.15) is 50.0 Å². The normalized spacial score (nSPS) is 13.1. The molecule has 1 aromatic heterocycles. The molecule has 1 heterocycles. The van der Waals surface area contributed by atoms with Crippen molar-refractivity contribution in [2.24, 2.45) is 0 Å². The van der Waals surface area contributed by atoms with Crippen molar-refractivity contribution in [3.63, 3.8) is 0 Å². The molecular formula is C11H17BrOS. The number of unbranched alkanes of at least 4 members (excludes halogenated alkanes) is 3. The SMILES string of the molecule is CCCCCCC(O)c1cc(Br)cs1. The van der Waals surface area contributed by atoms with Gasteiger partial charge < -0.3 is 5.11 Å². The maximum atomic E-state index is 9.82. The molecule has 1 aromatic rings. The molecule has 14 heavy (non-hydrogen) atoms. The van der Waals surface area contributed by atoms with Gasteiger partial charge in [0, 0.05) is 14.7 Å². The third-order valence-electron chi connectivity index (χ3n) is 2.25. The van der Waals surface area contributed by atoms with Crippen molar-refractivity contribution in [1.82, 2.24) is 0 Å². The Balaban J connectivity index is 2.25. The zero-order valence-corrected chi connectivity index (χ0v) is 10.9. The zero-order chi connectivity index (χ0) is 10.4. The van der Waals surface area contributed by atoms with Crippen molar-refractivity contribution in [3.8, 4) is 0 Å². The van der Waals surface area contributed by atoms with E-state index >= 15 is 0 Å². The minimum absolute atomic E-state index is 0.261. The second-order valence-corrected chi connectivity index (χ2v) is 5.39. The lowest BCUT2D eigenvalue weighted by Gasteiger charge is -2.07. The van der Waals surface area contributed by atoms with Crippen LogP contribution in [0.3, 0.4) is 0 Å². The minimum atomic E-state index is -0.261. The number of aliphatic hydroxyl groups is 1. The Morgan fingerprint density at radius 1 is 1.43 bits per heavy atom. The molecule has 0 radical (unpaired) electrons. The van der Waals surface area contributed by atoms with E-state index in [-0.39, 0.29) is 6.10 Å². The van der Waals surface area contributed by atoms with Crippen LogP contribution < -0.4 is 0 Å². The Bertz CT molecular complexity index is 260. The molecule has 0 saturated carbocycles. The highest BCUT2D eigenvalue weighted by atomic mass is 79.9. The molecule has 3 heteroatoms. The van der Waals surface area contributed by atoms with Crippen LogP contribution in [-0.2, 0) is 0 Å². The number of rotatable bonds is 6. The third kappa shape index (κ3) is 4.11. The zero-order valence-electron chi connectivity index (χ0n) is 8.50. The summed E-state index contributed by atoms with van der Waals surface area (Å²) >= 11 is 5.02. The molecule has 1 nitrogen and oxygen atoms in total. The molecule has 1 N–H and O–H groups in total. The minimum Gasteiger partial charge on any atom is -0.388 e. The molecule has 0 spiro atoms. The number of aliphatic hydroxyl groups excluding tert-OH is 1. The first-order valence-corrected chi connectivity index (χ1v) is 6.83. The fraction of sp³-hybridized carbons (Fsp3) is 0.636. The summed E-state index contributed by atoms with van der Waals surface area (Å²) in [5.74, 6) is 0.